The van der Waals surface area contributed by atoms with Crippen molar-refractivity contribution in [2.75, 3.05) is 30.1 Å². The molecule has 1 rings (SSSR count). The molecule has 0 radical (unpaired) electrons. The summed E-state index contributed by atoms with van der Waals surface area (Å²) in [5.74, 6) is -0.656. The second-order valence-corrected chi connectivity index (χ2v) is 7.69. The number of epoxide rings is 1. The highest BCUT2D eigenvalue weighted by atomic mass is 32.2. The average Bonchev–Trinajstić information content (AvgIpc) is 2.66. The Balaban J connectivity index is 2.42. The molecule has 0 aromatic carbocycles. The van der Waals surface area contributed by atoms with Gasteiger partial charge >= 0.3 is 0 Å². The highest BCUT2D eigenvalue weighted by molar-refractivity contribution is 7.94. The minimum absolute atomic E-state index is 0.0531. The van der Waals surface area contributed by atoms with Crippen molar-refractivity contribution in [1.82, 2.24) is 0 Å². The topological polar surface area (TPSA) is 80.8 Å². The number of sulfone groups is 2. The molecule has 0 N–H and O–H groups in total. The molecule has 0 spiro atoms. The van der Waals surface area contributed by atoms with Gasteiger partial charge in [0.05, 0.1) is 30.0 Å². The molecule has 1 atom stereocenters. The van der Waals surface area contributed by atoms with Crippen LogP contribution in [0.15, 0.2) is 0 Å². The average molecular weight is 228 g/mol. The van der Waals surface area contributed by atoms with E-state index in [9.17, 15) is 16.8 Å². The van der Waals surface area contributed by atoms with Gasteiger partial charge in [-0.25, -0.2) is 16.8 Å². The van der Waals surface area contributed by atoms with Crippen molar-refractivity contribution in [3.05, 3.63) is 0 Å². The van der Waals surface area contributed by atoms with Gasteiger partial charge in [-0.15, -0.1) is 0 Å². The lowest BCUT2D eigenvalue weighted by atomic mass is 10.6. The summed E-state index contributed by atoms with van der Waals surface area (Å²) in [5.41, 5.74) is 0. The van der Waals surface area contributed by atoms with Gasteiger partial charge in [0, 0.05) is 6.26 Å². The maximum Gasteiger partial charge on any atom is 0.153 e. The van der Waals surface area contributed by atoms with E-state index in [-0.39, 0.29) is 23.4 Å². The van der Waals surface area contributed by atoms with Crippen LogP contribution in [0.4, 0.5) is 0 Å². The smallest absolute Gasteiger partial charge is 0.153 e. The van der Waals surface area contributed by atoms with E-state index in [0.717, 1.165) is 6.26 Å². The van der Waals surface area contributed by atoms with Crippen LogP contribution in [0.1, 0.15) is 0 Å². The van der Waals surface area contributed by atoms with Gasteiger partial charge in [-0.05, 0) is 0 Å². The van der Waals surface area contributed by atoms with Gasteiger partial charge in [-0.3, -0.25) is 0 Å². The molecule has 78 valence electrons. The van der Waals surface area contributed by atoms with Crippen molar-refractivity contribution in [2.45, 2.75) is 6.10 Å². The molecule has 1 unspecified atom stereocenters. The van der Waals surface area contributed by atoms with E-state index < -0.39 is 19.7 Å². The zero-order chi connectivity index (χ0) is 10.1. The Morgan fingerprint density at radius 2 is 1.77 bits per heavy atom. The van der Waals surface area contributed by atoms with Crippen LogP contribution in [-0.4, -0.2) is 53.1 Å². The Morgan fingerprint density at radius 1 is 1.23 bits per heavy atom. The van der Waals surface area contributed by atoms with E-state index in [1.165, 1.54) is 0 Å². The van der Waals surface area contributed by atoms with Gasteiger partial charge in [-0.1, -0.05) is 0 Å². The summed E-state index contributed by atoms with van der Waals surface area (Å²) in [5, 5.41) is 0. The van der Waals surface area contributed by atoms with E-state index in [2.05, 4.69) is 0 Å². The van der Waals surface area contributed by atoms with Crippen molar-refractivity contribution < 1.29 is 21.6 Å². The first kappa shape index (κ1) is 10.9. The lowest BCUT2D eigenvalue weighted by Crippen LogP contribution is -2.21. The normalized spacial score (nSPS) is 23.0. The fraction of sp³-hybridized carbons (Fsp3) is 1.00. The molecule has 1 aliphatic heterocycles. The maximum absolute atomic E-state index is 11.2. The Labute approximate surface area is 77.9 Å². The predicted octanol–water partition coefficient (Wildman–Crippen LogP) is -1.16. The molecule has 1 saturated heterocycles. The van der Waals surface area contributed by atoms with Crippen molar-refractivity contribution in [3.8, 4) is 0 Å². The number of ether oxygens (including phenoxy) is 1. The molecule has 1 aliphatic rings. The number of rotatable bonds is 5. The van der Waals surface area contributed by atoms with Crippen molar-refractivity contribution in [1.29, 1.82) is 0 Å². The lowest BCUT2D eigenvalue weighted by Gasteiger charge is -2.00. The summed E-state index contributed by atoms with van der Waals surface area (Å²) in [6.07, 6.45) is 0.820. The third kappa shape index (κ3) is 5.22. The van der Waals surface area contributed by atoms with Crippen LogP contribution < -0.4 is 0 Å². The summed E-state index contributed by atoms with van der Waals surface area (Å²) in [6, 6.07) is 0. The molecule has 0 aromatic rings. The first-order valence-electron chi connectivity index (χ1n) is 3.78. The SMILES string of the molecule is CS(=O)(=O)CCS(=O)(=O)CC1CO1. The molecule has 0 aromatic heterocycles. The van der Waals surface area contributed by atoms with Crippen molar-refractivity contribution in [2.24, 2.45) is 0 Å². The van der Waals surface area contributed by atoms with Gasteiger partial charge < -0.3 is 4.74 Å². The highest BCUT2D eigenvalue weighted by Gasteiger charge is 2.29. The molecular formula is C6H12O5S2. The van der Waals surface area contributed by atoms with Gasteiger partial charge in [0.2, 0.25) is 0 Å². The summed E-state index contributed by atoms with van der Waals surface area (Å²) < 4.78 is 48.5. The second kappa shape index (κ2) is 3.55. The van der Waals surface area contributed by atoms with Crippen LogP contribution in [0.25, 0.3) is 0 Å². The fourth-order valence-electron chi connectivity index (χ4n) is 0.809. The van der Waals surface area contributed by atoms with Crippen LogP contribution in [0, 0.1) is 0 Å². The van der Waals surface area contributed by atoms with Crippen molar-refractivity contribution in [3.63, 3.8) is 0 Å². The van der Waals surface area contributed by atoms with E-state index in [1.54, 1.807) is 0 Å². The standard InChI is InChI=1S/C6H12O5S2/c1-12(7,8)2-3-13(9,10)5-6-4-11-6/h6H,2-5H2,1H3. The molecule has 0 amide bonds. The summed E-state index contributed by atoms with van der Waals surface area (Å²) in [7, 11) is -6.45. The minimum Gasteiger partial charge on any atom is -0.372 e. The molecular weight excluding hydrogens is 216 g/mol. The predicted molar refractivity (Wildman–Crippen MR) is 48.1 cm³/mol. The molecule has 0 bridgehead atoms. The first-order valence-corrected chi connectivity index (χ1v) is 7.66. The minimum atomic E-state index is -3.26. The Kier molecular flexibility index (Phi) is 2.98. The van der Waals surface area contributed by atoms with E-state index >= 15 is 0 Å². The highest BCUT2D eigenvalue weighted by Crippen LogP contribution is 2.12. The van der Waals surface area contributed by atoms with Crippen LogP contribution in [0.5, 0.6) is 0 Å². The van der Waals surface area contributed by atoms with Gasteiger partial charge in [0.25, 0.3) is 0 Å². The molecule has 1 heterocycles. The first-order chi connectivity index (χ1) is 5.79. The number of hydrogen-bond acceptors (Lipinski definition) is 5. The van der Waals surface area contributed by atoms with Crippen LogP contribution in [-0.2, 0) is 24.4 Å². The zero-order valence-electron chi connectivity index (χ0n) is 7.26. The molecule has 13 heavy (non-hydrogen) atoms. The largest absolute Gasteiger partial charge is 0.372 e. The van der Waals surface area contributed by atoms with E-state index in [4.69, 9.17) is 4.74 Å². The lowest BCUT2D eigenvalue weighted by molar-refractivity contribution is 0.422. The molecule has 0 aliphatic carbocycles. The maximum atomic E-state index is 11.2. The van der Waals surface area contributed by atoms with Gasteiger partial charge in [-0.2, -0.15) is 0 Å². The van der Waals surface area contributed by atoms with Gasteiger partial charge in [0.15, 0.2) is 9.84 Å². The van der Waals surface area contributed by atoms with E-state index in [1.807, 2.05) is 0 Å². The van der Waals surface area contributed by atoms with Crippen LogP contribution in [0.3, 0.4) is 0 Å². The van der Waals surface area contributed by atoms with Crippen molar-refractivity contribution >= 4 is 19.7 Å². The number of hydrogen-bond donors (Lipinski definition) is 0. The van der Waals surface area contributed by atoms with E-state index in [0.29, 0.717) is 6.61 Å². The Bertz CT molecular complexity index is 362. The third-order valence-corrected chi connectivity index (χ3v) is 4.52. The molecule has 1 fully saturated rings. The van der Waals surface area contributed by atoms with Crippen LogP contribution >= 0.6 is 0 Å². The zero-order valence-corrected chi connectivity index (χ0v) is 8.90. The quantitative estimate of drug-likeness (QED) is 0.555. The molecule has 0 saturated carbocycles. The summed E-state index contributed by atoms with van der Waals surface area (Å²) in [6.45, 7) is 0.470. The summed E-state index contributed by atoms with van der Waals surface area (Å²) in [4.78, 5) is 0. The molecule has 5 nitrogen and oxygen atoms in total. The summed E-state index contributed by atoms with van der Waals surface area (Å²) >= 11 is 0. The van der Waals surface area contributed by atoms with Gasteiger partial charge in [0.1, 0.15) is 9.84 Å². The van der Waals surface area contributed by atoms with Crippen LogP contribution in [0.2, 0.25) is 0 Å². The molecule has 7 heteroatoms. The fourth-order valence-corrected chi connectivity index (χ4v) is 3.96. The Hall–Kier alpha value is -0.140. The Morgan fingerprint density at radius 3 is 2.15 bits per heavy atom. The second-order valence-electron chi connectivity index (χ2n) is 3.20. The third-order valence-electron chi connectivity index (χ3n) is 1.61. The monoisotopic (exact) mass is 228 g/mol.